The SMILES string of the molecule is CCOc1ccc(N(CC(=O)N[C@H](CC)c2ccc(OC)cc2)S(=O)(=O)c2ccccc2)cc1. The van der Waals surface area contributed by atoms with Gasteiger partial charge in [0.15, 0.2) is 0 Å². The maximum Gasteiger partial charge on any atom is 0.264 e. The Balaban J connectivity index is 1.87. The third-order valence-corrected chi connectivity index (χ3v) is 7.10. The van der Waals surface area contributed by atoms with E-state index in [1.807, 2.05) is 38.1 Å². The van der Waals surface area contributed by atoms with E-state index in [0.29, 0.717) is 24.5 Å². The van der Waals surface area contributed by atoms with Crippen LogP contribution in [0.4, 0.5) is 5.69 Å². The number of hydrogen-bond acceptors (Lipinski definition) is 5. The zero-order chi connectivity index (χ0) is 24.6. The molecule has 0 fully saturated rings. The average molecular weight is 483 g/mol. The lowest BCUT2D eigenvalue weighted by molar-refractivity contribution is -0.120. The summed E-state index contributed by atoms with van der Waals surface area (Å²) < 4.78 is 38.7. The van der Waals surface area contributed by atoms with Crippen LogP contribution in [-0.2, 0) is 14.8 Å². The summed E-state index contributed by atoms with van der Waals surface area (Å²) in [4.78, 5) is 13.2. The summed E-state index contributed by atoms with van der Waals surface area (Å²) in [7, 11) is -2.38. The van der Waals surface area contributed by atoms with Crippen molar-refractivity contribution in [3.05, 3.63) is 84.4 Å². The number of benzene rings is 3. The van der Waals surface area contributed by atoms with Crippen LogP contribution in [0.5, 0.6) is 11.5 Å². The monoisotopic (exact) mass is 482 g/mol. The molecule has 1 N–H and O–H groups in total. The summed E-state index contributed by atoms with van der Waals surface area (Å²) in [6.07, 6.45) is 0.645. The second-order valence-corrected chi connectivity index (χ2v) is 9.42. The Hall–Kier alpha value is -3.52. The molecule has 34 heavy (non-hydrogen) atoms. The van der Waals surface area contributed by atoms with E-state index >= 15 is 0 Å². The summed E-state index contributed by atoms with van der Waals surface area (Å²) in [5, 5.41) is 2.97. The first-order chi connectivity index (χ1) is 16.4. The van der Waals surface area contributed by atoms with Gasteiger partial charge in [0, 0.05) is 0 Å². The van der Waals surface area contributed by atoms with Crippen LogP contribution in [0.1, 0.15) is 31.9 Å². The Labute approximate surface area is 201 Å². The molecule has 0 saturated heterocycles. The minimum absolute atomic E-state index is 0.110. The van der Waals surface area contributed by atoms with Gasteiger partial charge in [-0.15, -0.1) is 0 Å². The highest BCUT2D eigenvalue weighted by Crippen LogP contribution is 2.26. The Kier molecular flexibility index (Phi) is 8.54. The molecule has 0 saturated carbocycles. The Bertz CT molecular complexity index is 1160. The van der Waals surface area contributed by atoms with Gasteiger partial charge in [0.2, 0.25) is 5.91 Å². The zero-order valence-corrected chi connectivity index (χ0v) is 20.4. The van der Waals surface area contributed by atoms with Crippen molar-refractivity contribution < 1.29 is 22.7 Å². The van der Waals surface area contributed by atoms with Crippen LogP contribution in [0.2, 0.25) is 0 Å². The highest BCUT2D eigenvalue weighted by molar-refractivity contribution is 7.92. The predicted octanol–water partition coefficient (Wildman–Crippen LogP) is 4.56. The molecule has 180 valence electrons. The van der Waals surface area contributed by atoms with Crippen LogP contribution in [0.3, 0.4) is 0 Å². The van der Waals surface area contributed by atoms with Gasteiger partial charge in [-0.25, -0.2) is 8.42 Å². The lowest BCUT2D eigenvalue weighted by atomic mass is 10.0. The number of amides is 1. The molecule has 7 nitrogen and oxygen atoms in total. The maximum absolute atomic E-state index is 13.5. The number of methoxy groups -OCH3 is 1. The molecular formula is C26H30N2O5S. The van der Waals surface area contributed by atoms with E-state index < -0.39 is 15.9 Å². The van der Waals surface area contributed by atoms with Crippen molar-refractivity contribution in [1.82, 2.24) is 5.32 Å². The number of hydrogen-bond donors (Lipinski definition) is 1. The van der Waals surface area contributed by atoms with Crippen LogP contribution in [0.15, 0.2) is 83.8 Å². The van der Waals surface area contributed by atoms with E-state index in [1.54, 1.807) is 49.6 Å². The molecule has 0 spiro atoms. The van der Waals surface area contributed by atoms with Gasteiger partial charge >= 0.3 is 0 Å². The van der Waals surface area contributed by atoms with Gasteiger partial charge in [0.25, 0.3) is 10.0 Å². The molecule has 3 aromatic carbocycles. The Morgan fingerprint density at radius 1 is 0.912 bits per heavy atom. The quantitative estimate of drug-likeness (QED) is 0.433. The third kappa shape index (κ3) is 6.08. The lowest BCUT2D eigenvalue weighted by Gasteiger charge is -2.26. The molecule has 1 amide bonds. The molecule has 1 atom stereocenters. The maximum atomic E-state index is 13.5. The number of carbonyl (C=O) groups is 1. The Morgan fingerprint density at radius 2 is 1.53 bits per heavy atom. The van der Waals surface area contributed by atoms with Crippen LogP contribution in [0, 0.1) is 0 Å². The summed E-state index contributed by atoms with van der Waals surface area (Å²) >= 11 is 0. The lowest BCUT2D eigenvalue weighted by Crippen LogP contribution is -2.42. The van der Waals surface area contributed by atoms with Crippen molar-refractivity contribution in [1.29, 1.82) is 0 Å². The number of rotatable bonds is 11. The van der Waals surface area contributed by atoms with Crippen molar-refractivity contribution in [2.45, 2.75) is 31.2 Å². The van der Waals surface area contributed by atoms with E-state index in [9.17, 15) is 13.2 Å². The molecule has 0 aliphatic heterocycles. The third-order valence-electron chi connectivity index (χ3n) is 5.32. The van der Waals surface area contributed by atoms with Gasteiger partial charge in [-0.3, -0.25) is 9.10 Å². The largest absolute Gasteiger partial charge is 0.497 e. The van der Waals surface area contributed by atoms with E-state index in [0.717, 1.165) is 15.6 Å². The molecule has 0 unspecified atom stereocenters. The van der Waals surface area contributed by atoms with Gasteiger partial charge in [0.1, 0.15) is 18.0 Å². The molecule has 0 aliphatic rings. The van der Waals surface area contributed by atoms with Crippen molar-refractivity contribution in [3.63, 3.8) is 0 Å². The fraction of sp³-hybridized carbons (Fsp3) is 0.269. The van der Waals surface area contributed by atoms with Crippen LogP contribution >= 0.6 is 0 Å². The molecule has 0 heterocycles. The standard InChI is InChI=1S/C26H30N2O5S/c1-4-25(20-11-15-22(32-3)16-12-20)27-26(29)19-28(21-13-17-23(18-14-21)33-5-2)34(30,31)24-9-7-6-8-10-24/h6-18,25H,4-5,19H2,1-3H3,(H,27,29)/t25-/m1/s1. The molecule has 0 aromatic heterocycles. The fourth-order valence-corrected chi connectivity index (χ4v) is 4.98. The number of anilines is 1. The molecule has 8 heteroatoms. The molecule has 3 rings (SSSR count). The highest BCUT2D eigenvalue weighted by Gasteiger charge is 2.28. The zero-order valence-electron chi connectivity index (χ0n) is 19.6. The Morgan fingerprint density at radius 3 is 2.09 bits per heavy atom. The first-order valence-electron chi connectivity index (χ1n) is 11.1. The van der Waals surface area contributed by atoms with Crippen molar-refractivity contribution >= 4 is 21.6 Å². The van der Waals surface area contributed by atoms with Gasteiger partial charge in [-0.2, -0.15) is 0 Å². The second kappa shape index (κ2) is 11.6. The van der Waals surface area contributed by atoms with Crippen LogP contribution < -0.4 is 19.1 Å². The number of nitrogens with zero attached hydrogens (tertiary/aromatic N) is 1. The van der Waals surface area contributed by atoms with E-state index in [2.05, 4.69) is 5.32 Å². The summed E-state index contributed by atoms with van der Waals surface area (Å²) in [5.74, 6) is 0.940. The summed E-state index contributed by atoms with van der Waals surface area (Å²) in [6.45, 7) is 3.97. The van der Waals surface area contributed by atoms with E-state index in [4.69, 9.17) is 9.47 Å². The van der Waals surface area contributed by atoms with Crippen molar-refractivity contribution in [2.75, 3.05) is 24.6 Å². The normalized spacial score (nSPS) is 12.0. The van der Waals surface area contributed by atoms with Gasteiger partial charge in [-0.05, 0) is 67.4 Å². The molecule has 0 aliphatic carbocycles. The van der Waals surface area contributed by atoms with Gasteiger partial charge < -0.3 is 14.8 Å². The second-order valence-electron chi connectivity index (χ2n) is 7.55. The minimum Gasteiger partial charge on any atom is -0.497 e. The molecular weight excluding hydrogens is 452 g/mol. The topological polar surface area (TPSA) is 84.9 Å². The summed E-state index contributed by atoms with van der Waals surface area (Å²) in [6, 6.07) is 21.9. The summed E-state index contributed by atoms with van der Waals surface area (Å²) in [5.41, 5.74) is 1.29. The van der Waals surface area contributed by atoms with Crippen LogP contribution in [-0.4, -0.2) is 34.6 Å². The van der Waals surface area contributed by atoms with Gasteiger partial charge in [-0.1, -0.05) is 37.3 Å². The minimum atomic E-state index is -3.98. The first-order valence-corrected chi connectivity index (χ1v) is 12.6. The number of nitrogens with one attached hydrogen (secondary N) is 1. The molecule has 0 bridgehead atoms. The number of sulfonamides is 1. The smallest absolute Gasteiger partial charge is 0.264 e. The van der Waals surface area contributed by atoms with Crippen LogP contribution in [0.25, 0.3) is 0 Å². The van der Waals surface area contributed by atoms with E-state index in [-0.39, 0.29) is 17.5 Å². The van der Waals surface area contributed by atoms with E-state index in [1.165, 1.54) is 12.1 Å². The fourth-order valence-electron chi connectivity index (χ4n) is 3.54. The molecule has 0 radical (unpaired) electrons. The highest BCUT2D eigenvalue weighted by atomic mass is 32.2. The van der Waals surface area contributed by atoms with Crippen molar-refractivity contribution in [2.24, 2.45) is 0 Å². The predicted molar refractivity (Wildman–Crippen MR) is 133 cm³/mol. The first kappa shape index (κ1) is 25.1. The number of carbonyl (C=O) groups excluding carboxylic acids is 1. The molecule has 3 aromatic rings. The van der Waals surface area contributed by atoms with Gasteiger partial charge in [0.05, 0.1) is 30.3 Å². The number of ether oxygens (including phenoxy) is 2. The average Bonchev–Trinajstić information content (AvgIpc) is 2.87. The van der Waals surface area contributed by atoms with Crippen molar-refractivity contribution in [3.8, 4) is 11.5 Å².